The lowest BCUT2D eigenvalue weighted by Crippen LogP contribution is -2.33. The SMILES string of the molecule is [N-]=[N+]=Nc1nc2c(=O)[nH]cnc2n1[C@@H]1O[C@H](CO)[C@@H](O)[C@@H]1O. The number of azide groups is 1. The number of rotatable bonds is 3. The third kappa shape index (κ3) is 2.03. The largest absolute Gasteiger partial charge is 0.394 e. The molecule has 0 saturated carbocycles. The summed E-state index contributed by atoms with van der Waals surface area (Å²) in [4.78, 5) is 24.4. The second kappa shape index (κ2) is 5.36. The van der Waals surface area contributed by atoms with E-state index in [1.807, 2.05) is 0 Å². The van der Waals surface area contributed by atoms with E-state index >= 15 is 0 Å². The average Bonchev–Trinajstić information content (AvgIpc) is 3.00. The maximum atomic E-state index is 11.7. The highest BCUT2D eigenvalue weighted by atomic mass is 16.6. The van der Waals surface area contributed by atoms with Crippen molar-refractivity contribution in [1.29, 1.82) is 0 Å². The number of H-pyrrole nitrogens is 1. The van der Waals surface area contributed by atoms with Gasteiger partial charge in [-0.05, 0) is 10.6 Å². The van der Waals surface area contributed by atoms with Gasteiger partial charge in [-0.2, -0.15) is 0 Å². The lowest BCUT2D eigenvalue weighted by atomic mass is 10.1. The van der Waals surface area contributed by atoms with Crippen LogP contribution in [-0.2, 0) is 4.74 Å². The first-order valence-corrected chi connectivity index (χ1v) is 6.21. The normalized spacial score (nSPS) is 28.0. The molecule has 0 amide bonds. The van der Waals surface area contributed by atoms with E-state index in [-0.39, 0.29) is 17.1 Å². The maximum absolute atomic E-state index is 11.7. The minimum Gasteiger partial charge on any atom is -0.394 e. The van der Waals surface area contributed by atoms with Crippen LogP contribution in [0.4, 0.5) is 5.95 Å². The van der Waals surface area contributed by atoms with E-state index < -0.39 is 36.7 Å². The van der Waals surface area contributed by atoms with Gasteiger partial charge in [0.1, 0.15) is 18.3 Å². The van der Waals surface area contributed by atoms with Crippen LogP contribution in [0.15, 0.2) is 16.2 Å². The number of aliphatic hydroxyl groups excluding tert-OH is 3. The van der Waals surface area contributed by atoms with Crippen LogP contribution < -0.4 is 5.56 Å². The van der Waals surface area contributed by atoms with E-state index in [2.05, 4.69) is 25.0 Å². The molecule has 1 fully saturated rings. The van der Waals surface area contributed by atoms with Gasteiger partial charge >= 0.3 is 0 Å². The van der Waals surface area contributed by atoms with Crippen LogP contribution in [0.25, 0.3) is 21.6 Å². The van der Waals surface area contributed by atoms with Crippen LogP contribution in [0.1, 0.15) is 6.23 Å². The lowest BCUT2D eigenvalue weighted by Gasteiger charge is -2.17. The monoisotopic (exact) mass is 309 g/mol. The summed E-state index contributed by atoms with van der Waals surface area (Å²) in [6.45, 7) is -0.522. The number of aliphatic hydroxyl groups is 3. The zero-order valence-electron chi connectivity index (χ0n) is 10.9. The zero-order chi connectivity index (χ0) is 15.9. The Balaban J connectivity index is 2.21. The minimum atomic E-state index is -1.43. The summed E-state index contributed by atoms with van der Waals surface area (Å²) >= 11 is 0. The number of fused-ring (bicyclic) bond motifs is 1. The second-order valence-corrected chi connectivity index (χ2v) is 4.60. The third-order valence-electron chi connectivity index (χ3n) is 3.37. The molecule has 22 heavy (non-hydrogen) atoms. The molecule has 4 atom stereocenters. The van der Waals surface area contributed by atoms with Gasteiger partial charge < -0.3 is 25.0 Å². The fourth-order valence-electron chi connectivity index (χ4n) is 2.35. The molecule has 116 valence electrons. The van der Waals surface area contributed by atoms with Gasteiger partial charge in [0.2, 0.25) is 5.95 Å². The Kier molecular flexibility index (Phi) is 3.52. The summed E-state index contributed by atoms with van der Waals surface area (Å²) in [7, 11) is 0. The molecule has 2 aromatic rings. The molecule has 0 bridgehead atoms. The molecule has 0 unspecified atom stereocenters. The van der Waals surface area contributed by atoms with Gasteiger partial charge in [0, 0.05) is 4.91 Å². The van der Waals surface area contributed by atoms with Gasteiger partial charge in [0.15, 0.2) is 17.4 Å². The summed E-state index contributed by atoms with van der Waals surface area (Å²) in [6.07, 6.45) is -3.91. The smallest absolute Gasteiger partial charge is 0.278 e. The highest BCUT2D eigenvalue weighted by Gasteiger charge is 2.44. The van der Waals surface area contributed by atoms with Crippen LogP contribution >= 0.6 is 0 Å². The predicted molar refractivity (Wildman–Crippen MR) is 70.0 cm³/mol. The van der Waals surface area contributed by atoms with Crippen molar-refractivity contribution >= 4 is 17.1 Å². The summed E-state index contributed by atoms with van der Waals surface area (Å²) in [5, 5.41) is 32.4. The van der Waals surface area contributed by atoms with Gasteiger partial charge in [-0.15, -0.1) is 0 Å². The van der Waals surface area contributed by atoms with Crippen molar-refractivity contribution in [3.8, 4) is 0 Å². The maximum Gasteiger partial charge on any atom is 0.278 e. The van der Waals surface area contributed by atoms with E-state index in [4.69, 9.17) is 15.4 Å². The van der Waals surface area contributed by atoms with E-state index in [9.17, 15) is 15.0 Å². The molecule has 1 saturated heterocycles. The topological polar surface area (TPSA) is 182 Å². The number of imidazole rings is 1. The molecule has 2 aromatic heterocycles. The molecular formula is C10H11N7O5. The first kappa shape index (κ1) is 14.4. The number of aromatic nitrogens is 4. The summed E-state index contributed by atoms with van der Waals surface area (Å²) in [5.41, 5.74) is 7.94. The van der Waals surface area contributed by atoms with Crippen LogP contribution in [0, 0.1) is 0 Å². The van der Waals surface area contributed by atoms with Gasteiger partial charge in [0.25, 0.3) is 5.56 Å². The van der Waals surface area contributed by atoms with E-state index in [1.165, 1.54) is 0 Å². The molecule has 1 aliphatic heterocycles. The third-order valence-corrected chi connectivity index (χ3v) is 3.37. The summed E-state index contributed by atoms with van der Waals surface area (Å²) < 4.78 is 6.46. The average molecular weight is 309 g/mol. The zero-order valence-corrected chi connectivity index (χ0v) is 10.9. The van der Waals surface area contributed by atoms with E-state index in [0.29, 0.717) is 0 Å². The molecule has 12 nitrogen and oxygen atoms in total. The fraction of sp³-hybridized carbons (Fsp3) is 0.500. The number of nitrogens with one attached hydrogen (secondary N) is 1. The quantitative estimate of drug-likeness (QED) is 0.307. The second-order valence-electron chi connectivity index (χ2n) is 4.60. The van der Waals surface area contributed by atoms with Crippen molar-refractivity contribution in [3.05, 3.63) is 27.1 Å². The van der Waals surface area contributed by atoms with Crippen LogP contribution in [0.2, 0.25) is 0 Å². The van der Waals surface area contributed by atoms with Gasteiger partial charge in [-0.3, -0.25) is 9.36 Å². The molecule has 0 aromatic carbocycles. The van der Waals surface area contributed by atoms with Crippen LogP contribution in [0.5, 0.6) is 0 Å². The van der Waals surface area contributed by atoms with E-state index in [1.54, 1.807) is 0 Å². The molecule has 1 aliphatic rings. The van der Waals surface area contributed by atoms with Gasteiger partial charge in [0.05, 0.1) is 12.9 Å². The van der Waals surface area contributed by atoms with Crippen molar-refractivity contribution in [2.24, 2.45) is 5.11 Å². The molecule has 3 rings (SSSR count). The Hall–Kier alpha value is -2.50. The lowest BCUT2D eigenvalue weighted by molar-refractivity contribution is -0.0502. The Morgan fingerprint density at radius 1 is 1.50 bits per heavy atom. The number of aromatic amines is 1. The van der Waals surface area contributed by atoms with Crippen molar-refractivity contribution in [3.63, 3.8) is 0 Å². The highest BCUT2D eigenvalue weighted by molar-refractivity contribution is 5.72. The van der Waals surface area contributed by atoms with Crippen LogP contribution in [0.3, 0.4) is 0 Å². The van der Waals surface area contributed by atoms with Gasteiger partial charge in [-0.25, -0.2) is 9.97 Å². The predicted octanol–water partition coefficient (Wildman–Crippen LogP) is -1.33. The molecule has 12 heteroatoms. The minimum absolute atomic E-state index is 0.0148. The molecule has 0 radical (unpaired) electrons. The van der Waals surface area contributed by atoms with Crippen molar-refractivity contribution in [2.45, 2.75) is 24.5 Å². The van der Waals surface area contributed by atoms with Crippen molar-refractivity contribution in [2.75, 3.05) is 6.61 Å². The first-order valence-electron chi connectivity index (χ1n) is 6.21. The van der Waals surface area contributed by atoms with Gasteiger partial charge in [-0.1, -0.05) is 0 Å². The molecule has 0 aliphatic carbocycles. The van der Waals surface area contributed by atoms with E-state index in [0.717, 1.165) is 10.9 Å². The standard InChI is InChI=1S/C10H11N7O5/c11-16-15-10-14-4-7(12-2-13-8(4)21)17(10)9-6(20)5(19)3(1-18)22-9/h2-3,5-6,9,18-20H,1H2,(H,12,13,21)/t3-,5-,6+,9-/m1/s1. The number of hydrogen-bond acceptors (Lipinski definition) is 8. The Labute approximate surface area is 121 Å². The summed E-state index contributed by atoms with van der Waals surface area (Å²) in [5.74, 6) is -0.253. The number of nitrogens with zero attached hydrogens (tertiary/aromatic N) is 6. The molecule has 4 N–H and O–H groups in total. The molecule has 3 heterocycles. The highest BCUT2D eigenvalue weighted by Crippen LogP contribution is 2.34. The van der Waals surface area contributed by atoms with Crippen molar-refractivity contribution < 1.29 is 20.1 Å². The Bertz CT molecular complexity index is 810. The summed E-state index contributed by atoms with van der Waals surface area (Å²) in [6, 6.07) is 0. The fourth-order valence-corrected chi connectivity index (χ4v) is 2.35. The Morgan fingerprint density at radius 2 is 2.27 bits per heavy atom. The van der Waals surface area contributed by atoms with Crippen molar-refractivity contribution in [1.82, 2.24) is 19.5 Å². The first-order chi connectivity index (χ1) is 10.6. The number of ether oxygens (including phenoxy) is 1. The molecule has 0 spiro atoms. The Morgan fingerprint density at radius 3 is 2.91 bits per heavy atom. The number of hydrogen-bond donors (Lipinski definition) is 4. The molecular weight excluding hydrogens is 298 g/mol. The van der Waals surface area contributed by atoms with Crippen LogP contribution in [-0.4, -0.2) is 59.8 Å².